The van der Waals surface area contributed by atoms with Gasteiger partial charge in [0.2, 0.25) is 0 Å². The molecule has 6 heteroatoms. The fraction of sp³-hybridized carbons (Fsp3) is 0.174. The standard InChI is InChI=1S/C23H22N4OS/c1-18-9-5-6-13-21(18)28-17-22-25-26-23(27(22)20-11-3-2-4-12-20)29-16-14-19-10-7-8-15-24-19/h2-13,15H,14,16-17H2,1H3. The zero-order chi connectivity index (χ0) is 19.9. The van der Waals surface area contributed by atoms with Gasteiger partial charge in [-0.3, -0.25) is 9.55 Å². The Hall–Kier alpha value is -3.12. The van der Waals surface area contributed by atoms with Crippen molar-refractivity contribution in [1.82, 2.24) is 19.7 Å². The Morgan fingerprint density at radius 2 is 1.69 bits per heavy atom. The lowest BCUT2D eigenvalue weighted by molar-refractivity contribution is 0.291. The Balaban J connectivity index is 1.53. The monoisotopic (exact) mass is 402 g/mol. The summed E-state index contributed by atoms with van der Waals surface area (Å²) in [6.07, 6.45) is 2.70. The second-order valence-electron chi connectivity index (χ2n) is 6.54. The molecule has 0 atom stereocenters. The van der Waals surface area contributed by atoms with Gasteiger partial charge in [-0.2, -0.15) is 0 Å². The number of ether oxygens (including phenoxy) is 1. The number of thioether (sulfide) groups is 1. The largest absolute Gasteiger partial charge is 0.485 e. The van der Waals surface area contributed by atoms with Gasteiger partial charge in [0.15, 0.2) is 11.0 Å². The number of hydrogen-bond acceptors (Lipinski definition) is 5. The van der Waals surface area contributed by atoms with E-state index < -0.39 is 0 Å². The van der Waals surface area contributed by atoms with Crippen LogP contribution < -0.4 is 4.74 Å². The molecule has 0 amide bonds. The van der Waals surface area contributed by atoms with Gasteiger partial charge in [0.25, 0.3) is 0 Å². The van der Waals surface area contributed by atoms with E-state index >= 15 is 0 Å². The molecule has 0 saturated heterocycles. The lowest BCUT2D eigenvalue weighted by Crippen LogP contribution is -2.07. The van der Waals surface area contributed by atoms with Gasteiger partial charge < -0.3 is 4.74 Å². The van der Waals surface area contributed by atoms with E-state index in [0.717, 1.165) is 45.8 Å². The third-order valence-corrected chi connectivity index (χ3v) is 5.41. The summed E-state index contributed by atoms with van der Waals surface area (Å²) < 4.78 is 8.10. The predicted molar refractivity (Wildman–Crippen MR) is 116 cm³/mol. The van der Waals surface area contributed by atoms with Gasteiger partial charge in [-0.15, -0.1) is 10.2 Å². The number of rotatable bonds is 8. The summed E-state index contributed by atoms with van der Waals surface area (Å²) in [5, 5.41) is 9.71. The number of nitrogens with zero attached hydrogens (tertiary/aromatic N) is 4. The van der Waals surface area contributed by atoms with E-state index in [0.29, 0.717) is 6.61 Å². The van der Waals surface area contributed by atoms with E-state index in [1.165, 1.54) is 0 Å². The van der Waals surface area contributed by atoms with E-state index in [1.54, 1.807) is 11.8 Å². The maximum atomic E-state index is 6.03. The zero-order valence-corrected chi connectivity index (χ0v) is 17.0. The molecule has 29 heavy (non-hydrogen) atoms. The summed E-state index contributed by atoms with van der Waals surface area (Å²) in [4.78, 5) is 4.39. The predicted octanol–water partition coefficient (Wildman–Crippen LogP) is 4.88. The average molecular weight is 403 g/mol. The van der Waals surface area contributed by atoms with Crippen LogP contribution in [0.2, 0.25) is 0 Å². The third kappa shape index (κ3) is 4.84. The van der Waals surface area contributed by atoms with E-state index in [-0.39, 0.29) is 0 Å². The van der Waals surface area contributed by atoms with Crippen LogP contribution in [0.5, 0.6) is 5.75 Å². The molecule has 0 aliphatic carbocycles. The second kappa shape index (κ2) is 9.39. The van der Waals surface area contributed by atoms with Crippen molar-refractivity contribution in [2.75, 3.05) is 5.75 Å². The smallest absolute Gasteiger partial charge is 0.195 e. The first-order valence-corrected chi connectivity index (χ1v) is 10.5. The first-order chi connectivity index (χ1) is 14.3. The lowest BCUT2D eigenvalue weighted by atomic mass is 10.2. The van der Waals surface area contributed by atoms with Crippen molar-refractivity contribution in [2.45, 2.75) is 25.1 Å². The van der Waals surface area contributed by atoms with Gasteiger partial charge in [0, 0.05) is 23.3 Å². The van der Waals surface area contributed by atoms with Crippen LogP contribution in [0.3, 0.4) is 0 Å². The summed E-state index contributed by atoms with van der Waals surface area (Å²) in [6, 6.07) is 24.1. The van der Waals surface area contributed by atoms with Crippen molar-refractivity contribution in [3.63, 3.8) is 0 Å². The highest BCUT2D eigenvalue weighted by Crippen LogP contribution is 2.24. The van der Waals surface area contributed by atoms with Crippen LogP contribution in [0.4, 0.5) is 0 Å². The van der Waals surface area contributed by atoms with Gasteiger partial charge in [0.1, 0.15) is 12.4 Å². The van der Waals surface area contributed by atoms with Crippen molar-refractivity contribution in [3.05, 3.63) is 96.1 Å². The molecule has 0 unspecified atom stereocenters. The molecule has 0 radical (unpaired) electrons. The summed E-state index contributed by atoms with van der Waals surface area (Å²) in [5.74, 6) is 2.51. The number of aryl methyl sites for hydroxylation is 2. The molecule has 0 spiro atoms. The minimum atomic E-state index is 0.355. The number of pyridine rings is 1. The van der Waals surface area contributed by atoms with Gasteiger partial charge in [-0.05, 0) is 49.2 Å². The number of hydrogen-bond donors (Lipinski definition) is 0. The van der Waals surface area contributed by atoms with E-state index in [2.05, 4.69) is 31.9 Å². The molecule has 0 aliphatic heterocycles. The highest BCUT2D eigenvalue weighted by molar-refractivity contribution is 7.99. The molecule has 2 aromatic carbocycles. The van der Waals surface area contributed by atoms with Gasteiger partial charge in [0.05, 0.1) is 0 Å². The van der Waals surface area contributed by atoms with Gasteiger partial charge in [-0.25, -0.2) is 0 Å². The number of aromatic nitrogens is 4. The minimum absolute atomic E-state index is 0.355. The van der Waals surface area contributed by atoms with E-state index in [9.17, 15) is 0 Å². The molecule has 146 valence electrons. The SMILES string of the molecule is Cc1ccccc1OCc1nnc(SCCc2ccccn2)n1-c1ccccc1. The minimum Gasteiger partial charge on any atom is -0.485 e. The molecule has 0 saturated carbocycles. The highest BCUT2D eigenvalue weighted by Gasteiger charge is 2.15. The van der Waals surface area contributed by atoms with Gasteiger partial charge in [-0.1, -0.05) is 54.2 Å². The topological polar surface area (TPSA) is 52.8 Å². The van der Waals surface area contributed by atoms with E-state index in [1.807, 2.05) is 73.8 Å². The van der Waals surface area contributed by atoms with Crippen LogP contribution in [-0.4, -0.2) is 25.5 Å². The summed E-state index contributed by atoms with van der Waals surface area (Å²) >= 11 is 1.68. The quantitative estimate of drug-likeness (QED) is 0.393. The fourth-order valence-corrected chi connectivity index (χ4v) is 3.91. The van der Waals surface area contributed by atoms with Crippen LogP contribution in [-0.2, 0) is 13.0 Å². The summed E-state index contributed by atoms with van der Waals surface area (Å²) in [7, 11) is 0. The molecular weight excluding hydrogens is 380 g/mol. The Morgan fingerprint density at radius 3 is 2.48 bits per heavy atom. The van der Waals surface area contributed by atoms with Crippen molar-refractivity contribution in [3.8, 4) is 11.4 Å². The summed E-state index contributed by atoms with van der Waals surface area (Å²) in [6.45, 7) is 2.39. The molecule has 0 bridgehead atoms. The Kier molecular flexibility index (Phi) is 6.22. The molecule has 2 heterocycles. The maximum Gasteiger partial charge on any atom is 0.195 e. The number of benzene rings is 2. The van der Waals surface area contributed by atoms with Gasteiger partial charge >= 0.3 is 0 Å². The average Bonchev–Trinajstić information content (AvgIpc) is 3.17. The van der Waals surface area contributed by atoms with Crippen LogP contribution in [0.25, 0.3) is 5.69 Å². The molecular formula is C23H22N4OS. The van der Waals surface area contributed by atoms with Crippen molar-refractivity contribution in [1.29, 1.82) is 0 Å². The zero-order valence-electron chi connectivity index (χ0n) is 16.2. The van der Waals surface area contributed by atoms with Crippen LogP contribution in [0.1, 0.15) is 17.1 Å². The maximum absolute atomic E-state index is 6.03. The molecule has 2 aromatic heterocycles. The second-order valence-corrected chi connectivity index (χ2v) is 7.61. The molecule has 0 fully saturated rings. The Morgan fingerprint density at radius 1 is 0.897 bits per heavy atom. The molecule has 0 N–H and O–H groups in total. The molecule has 5 nitrogen and oxygen atoms in total. The molecule has 4 aromatic rings. The fourth-order valence-electron chi connectivity index (χ4n) is 2.98. The summed E-state index contributed by atoms with van der Waals surface area (Å²) in [5.41, 5.74) is 3.21. The number of para-hydroxylation sites is 2. The normalized spacial score (nSPS) is 10.8. The van der Waals surface area contributed by atoms with Crippen LogP contribution >= 0.6 is 11.8 Å². The first-order valence-electron chi connectivity index (χ1n) is 9.52. The van der Waals surface area contributed by atoms with Crippen molar-refractivity contribution in [2.24, 2.45) is 0 Å². The molecule has 4 rings (SSSR count). The molecule has 0 aliphatic rings. The Bertz CT molecular complexity index is 1050. The van der Waals surface area contributed by atoms with Crippen molar-refractivity contribution >= 4 is 11.8 Å². The first kappa shape index (κ1) is 19.2. The van der Waals surface area contributed by atoms with E-state index in [4.69, 9.17) is 4.74 Å². The Labute approximate surface area is 174 Å². The van der Waals surface area contributed by atoms with Crippen LogP contribution in [0.15, 0.2) is 84.1 Å². The third-order valence-electron chi connectivity index (χ3n) is 4.48. The highest BCUT2D eigenvalue weighted by atomic mass is 32.2. The lowest BCUT2D eigenvalue weighted by Gasteiger charge is -2.12. The van der Waals surface area contributed by atoms with Crippen molar-refractivity contribution < 1.29 is 4.74 Å². The van der Waals surface area contributed by atoms with Crippen LogP contribution in [0, 0.1) is 6.92 Å².